The normalized spacial score (nSPS) is 16.7. The maximum atomic E-state index is 13.7. The van der Waals surface area contributed by atoms with Crippen molar-refractivity contribution in [3.05, 3.63) is 59.7 Å². The van der Waals surface area contributed by atoms with Gasteiger partial charge in [-0.3, -0.25) is 14.6 Å². The van der Waals surface area contributed by atoms with Gasteiger partial charge in [0.1, 0.15) is 24.6 Å². The molecular formula is C27H35N5O6S. The molecule has 0 aliphatic carbocycles. The first-order valence-electron chi connectivity index (χ1n) is 12.6. The Bertz CT molecular complexity index is 1300. The summed E-state index contributed by atoms with van der Waals surface area (Å²) in [6.07, 6.45) is 2.11. The van der Waals surface area contributed by atoms with Gasteiger partial charge in [0.2, 0.25) is 21.8 Å². The fourth-order valence-electron chi connectivity index (χ4n) is 4.34. The summed E-state index contributed by atoms with van der Waals surface area (Å²) in [4.78, 5) is 43.5. The molecule has 0 aromatic heterocycles. The summed E-state index contributed by atoms with van der Waals surface area (Å²) < 4.78 is 33.7. The number of hydrogen-bond acceptors (Lipinski definition) is 7. The second kappa shape index (κ2) is 13.9. The van der Waals surface area contributed by atoms with Crippen LogP contribution >= 0.6 is 0 Å². The van der Waals surface area contributed by atoms with Gasteiger partial charge in [-0.2, -0.15) is 0 Å². The molecule has 2 aromatic carbocycles. The zero-order valence-electron chi connectivity index (χ0n) is 22.1. The van der Waals surface area contributed by atoms with E-state index in [1.807, 2.05) is 0 Å². The largest absolute Gasteiger partial charge is 0.497 e. The number of ether oxygens (including phenoxy) is 1. The second-order valence-electron chi connectivity index (χ2n) is 9.35. The summed E-state index contributed by atoms with van der Waals surface area (Å²) in [5.74, 6) is -0.376. The van der Waals surface area contributed by atoms with Gasteiger partial charge in [0.05, 0.1) is 24.7 Å². The summed E-state index contributed by atoms with van der Waals surface area (Å²) in [6.45, 7) is 1.70. The van der Waals surface area contributed by atoms with Crippen LogP contribution in [-0.2, 0) is 36.6 Å². The highest BCUT2D eigenvalue weighted by atomic mass is 32.2. The molecule has 2 atom stereocenters. The van der Waals surface area contributed by atoms with Crippen molar-refractivity contribution < 1.29 is 27.5 Å². The first-order valence-corrected chi connectivity index (χ1v) is 14.3. The number of rotatable bonds is 13. The van der Waals surface area contributed by atoms with Crippen LogP contribution in [-0.4, -0.2) is 64.6 Å². The number of aliphatic imine (C=N–C) groups is 1. The number of amidine groups is 1. The molecule has 0 spiro atoms. The van der Waals surface area contributed by atoms with E-state index in [1.54, 1.807) is 55.5 Å². The minimum absolute atomic E-state index is 0.198. The van der Waals surface area contributed by atoms with Gasteiger partial charge in [-0.15, -0.1) is 0 Å². The fraction of sp³-hybridized carbons (Fsp3) is 0.407. The van der Waals surface area contributed by atoms with E-state index in [2.05, 4.69) is 15.0 Å². The molecule has 2 aromatic rings. The van der Waals surface area contributed by atoms with E-state index >= 15 is 0 Å². The van der Waals surface area contributed by atoms with Gasteiger partial charge in [-0.1, -0.05) is 30.3 Å². The smallest absolute Gasteiger partial charge is 0.245 e. The molecule has 1 heterocycles. The van der Waals surface area contributed by atoms with Crippen molar-refractivity contribution in [2.75, 3.05) is 25.1 Å². The highest BCUT2D eigenvalue weighted by Crippen LogP contribution is 2.31. The minimum Gasteiger partial charge on any atom is -0.497 e. The van der Waals surface area contributed by atoms with E-state index < -0.39 is 33.9 Å². The highest BCUT2D eigenvalue weighted by Gasteiger charge is 2.34. The third-order valence-corrected chi connectivity index (χ3v) is 7.57. The molecule has 0 saturated heterocycles. The minimum atomic E-state index is -3.87. The number of aryl methyl sites for hydroxylation is 1. The standard InChI is InChI=1S/C27H35N5O6S/c1-19(28)29-14-6-9-22(17-33)30-26(34)16-32-25-13-11-23(38-2)15-21(25)10-12-24(27(32)35)31-39(36,37)18-20-7-4-3-5-8-20/h3-5,7-8,11,13,15,17,22,24,31H,6,9-10,12,14,16,18H2,1-2H3,(H2,28,29)(H,30,34)/t22-,24+/m0/s1. The number of amides is 2. The molecular weight excluding hydrogens is 522 g/mol. The van der Waals surface area contributed by atoms with Crippen LogP contribution in [0.5, 0.6) is 5.75 Å². The van der Waals surface area contributed by atoms with Gasteiger partial charge in [0.25, 0.3) is 0 Å². The van der Waals surface area contributed by atoms with E-state index in [9.17, 15) is 22.8 Å². The Hall–Kier alpha value is -3.77. The SMILES string of the molecule is COc1ccc2c(c1)CC[C@@H](NS(=O)(=O)Cc1ccccc1)C(=O)N2CC(=O)N[C@H](C=O)CCCN=C(C)N. The average molecular weight is 558 g/mol. The number of nitrogens with two attached hydrogens (primary N) is 1. The quantitative estimate of drug-likeness (QED) is 0.145. The number of aldehydes is 1. The van der Waals surface area contributed by atoms with Crippen molar-refractivity contribution in [1.82, 2.24) is 10.0 Å². The number of methoxy groups -OCH3 is 1. The zero-order chi connectivity index (χ0) is 28.4. The van der Waals surface area contributed by atoms with Crippen LogP contribution in [0.15, 0.2) is 53.5 Å². The summed E-state index contributed by atoms with van der Waals surface area (Å²) in [5, 5.41) is 2.65. The van der Waals surface area contributed by atoms with Crippen LogP contribution in [0, 0.1) is 0 Å². The lowest BCUT2D eigenvalue weighted by Crippen LogP contribution is -2.51. The molecule has 2 amide bonds. The lowest BCUT2D eigenvalue weighted by atomic mass is 10.1. The Balaban J connectivity index is 1.78. The number of carbonyl (C=O) groups excluding carboxylic acids is 3. The van der Waals surface area contributed by atoms with E-state index in [4.69, 9.17) is 10.5 Å². The van der Waals surface area contributed by atoms with E-state index in [-0.39, 0.29) is 18.7 Å². The van der Waals surface area contributed by atoms with Gasteiger partial charge >= 0.3 is 0 Å². The Morgan fingerprint density at radius 2 is 2.00 bits per heavy atom. The summed E-state index contributed by atoms with van der Waals surface area (Å²) in [7, 11) is -2.34. The molecule has 0 radical (unpaired) electrons. The van der Waals surface area contributed by atoms with Crippen LogP contribution in [0.3, 0.4) is 0 Å². The Morgan fingerprint density at radius 3 is 2.67 bits per heavy atom. The number of nitrogens with zero attached hydrogens (tertiary/aromatic N) is 2. The maximum Gasteiger partial charge on any atom is 0.245 e. The topological polar surface area (TPSA) is 160 Å². The molecule has 0 saturated carbocycles. The first kappa shape index (κ1) is 29.8. The van der Waals surface area contributed by atoms with Crippen molar-refractivity contribution in [3.63, 3.8) is 0 Å². The van der Waals surface area contributed by atoms with Gasteiger partial charge in [-0.25, -0.2) is 13.1 Å². The third-order valence-electron chi connectivity index (χ3n) is 6.21. The molecule has 1 aliphatic heterocycles. The van der Waals surface area contributed by atoms with Crippen LogP contribution < -0.4 is 25.4 Å². The lowest BCUT2D eigenvalue weighted by Gasteiger charge is -2.26. The molecule has 12 heteroatoms. The van der Waals surface area contributed by atoms with Crippen molar-refractivity contribution in [2.24, 2.45) is 10.7 Å². The van der Waals surface area contributed by atoms with Crippen LogP contribution in [0.1, 0.15) is 37.3 Å². The second-order valence-corrected chi connectivity index (χ2v) is 11.1. The number of carbonyl (C=O) groups is 3. The molecule has 0 bridgehead atoms. The Morgan fingerprint density at radius 1 is 1.26 bits per heavy atom. The number of fused-ring (bicyclic) bond motifs is 1. The van der Waals surface area contributed by atoms with Crippen LogP contribution in [0.4, 0.5) is 5.69 Å². The Kier molecular flexibility index (Phi) is 10.6. The summed E-state index contributed by atoms with van der Waals surface area (Å²) >= 11 is 0. The predicted molar refractivity (Wildman–Crippen MR) is 149 cm³/mol. The number of benzene rings is 2. The number of hydrogen-bond donors (Lipinski definition) is 3. The highest BCUT2D eigenvalue weighted by molar-refractivity contribution is 7.88. The monoisotopic (exact) mass is 557 g/mol. The van der Waals surface area contributed by atoms with Crippen molar-refractivity contribution >= 4 is 39.6 Å². The van der Waals surface area contributed by atoms with Gasteiger partial charge < -0.3 is 25.5 Å². The van der Waals surface area contributed by atoms with E-state index in [0.717, 1.165) is 5.56 Å². The predicted octanol–water partition coefficient (Wildman–Crippen LogP) is 1.30. The number of sulfonamides is 1. The number of anilines is 1. The van der Waals surface area contributed by atoms with Gasteiger partial charge in [0.15, 0.2) is 0 Å². The van der Waals surface area contributed by atoms with Crippen LogP contribution in [0.25, 0.3) is 0 Å². The Labute approximate surface area is 228 Å². The molecule has 4 N–H and O–H groups in total. The van der Waals surface area contributed by atoms with Gasteiger partial charge in [-0.05, 0) is 61.9 Å². The average Bonchev–Trinajstić information content (AvgIpc) is 3.02. The van der Waals surface area contributed by atoms with Crippen molar-refractivity contribution in [3.8, 4) is 5.75 Å². The van der Waals surface area contributed by atoms with Gasteiger partial charge in [0, 0.05) is 12.2 Å². The first-order chi connectivity index (χ1) is 18.6. The molecule has 11 nitrogen and oxygen atoms in total. The van der Waals surface area contributed by atoms with Crippen molar-refractivity contribution in [1.29, 1.82) is 0 Å². The number of nitrogens with one attached hydrogen (secondary N) is 2. The van der Waals surface area contributed by atoms with Crippen molar-refractivity contribution in [2.45, 2.75) is 50.4 Å². The molecule has 0 unspecified atom stereocenters. The third kappa shape index (κ3) is 8.89. The van der Waals surface area contributed by atoms with Crippen LogP contribution in [0.2, 0.25) is 0 Å². The fourth-order valence-corrected chi connectivity index (χ4v) is 5.71. The maximum absolute atomic E-state index is 13.7. The molecule has 1 aliphatic rings. The van der Waals surface area contributed by atoms with E-state index in [0.29, 0.717) is 54.9 Å². The summed E-state index contributed by atoms with van der Waals surface area (Å²) in [5.41, 5.74) is 7.33. The molecule has 0 fully saturated rings. The van der Waals surface area contributed by atoms with E-state index in [1.165, 1.54) is 12.0 Å². The molecule has 210 valence electrons. The molecule has 39 heavy (non-hydrogen) atoms. The summed E-state index contributed by atoms with van der Waals surface area (Å²) in [6, 6.07) is 11.9. The zero-order valence-corrected chi connectivity index (χ0v) is 22.9. The lowest BCUT2D eigenvalue weighted by molar-refractivity contribution is -0.125. The molecule has 3 rings (SSSR count).